The van der Waals surface area contributed by atoms with Gasteiger partial charge in [-0.25, -0.2) is 0 Å². The molecule has 5 heteroatoms. The summed E-state index contributed by atoms with van der Waals surface area (Å²) in [5.41, 5.74) is 0. The zero-order valence-electron chi connectivity index (χ0n) is 10.8. The average molecular weight is 241 g/mol. The van der Waals surface area contributed by atoms with E-state index in [1.165, 1.54) is 0 Å². The van der Waals surface area contributed by atoms with E-state index >= 15 is 0 Å². The number of hydrogen-bond donors (Lipinski definition) is 1. The molecule has 2 aliphatic heterocycles. The van der Waals surface area contributed by atoms with Crippen LogP contribution in [0.4, 0.5) is 0 Å². The molecule has 2 unspecified atom stereocenters. The number of piperazine rings is 1. The molecule has 2 saturated heterocycles. The molecule has 1 amide bonds. The number of rotatable bonds is 2. The Hall–Kier alpha value is -0.650. The van der Waals surface area contributed by atoms with Gasteiger partial charge in [0, 0.05) is 39.3 Å². The highest BCUT2D eigenvalue weighted by Crippen LogP contribution is 2.11. The van der Waals surface area contributed by atoms with Gasteiger partial charge in [0.2, 0.25) is 5.91 Å². The Balaban J connectivity index is 1.89. The lowest BCUT2D eigenvalue weighted by atomic mass is 10.2. The summed E-state index contributed by atoms with van der Waals surface area (Å²) < 4.78 is 5.51. The Bertz CT molecular complexity index is 266. The largest absolute Gasteiger partial charge is 0.376 e. The van der Waals surface area contributed by atoms with Gasteiger partial charge in [-0.05, 0) is 13.8 Å². The van der Waals surface area contributed by atoms with E-state index in [0.717, 1.165) is 45.9 Å². The highest BCUT2D eigenvalue weighted by atomic mass is 16.5. The van der Waals surface area contributed by atoms with Crippen LogP contribution in [0.3, 0.4) is 0 Å². The van der Waals surface area contributed by atoms with Crippen molar-refractivity contribution in [3.63, 3.8) is 0 Å². The quantitative estimate of drug-likeness (QED) is 0.710. The summed E-state index contributed by atoms with van der Waals surface area (Å²) in [5, 5.41) is 3.27. The molecule has 0 radical (unpaired) electrons. The molecule has 0 spiro atoms. The van der Waals surface area contributed by atoms with Crippen molar-refractivity contribution >= 4 is 5.91 Å². The lowest BCUT2D eigenvalue weighted by Gasteiger charge is -2.38. The van der Waals surface area contributed by atoms with Gasteiger partial charge in [0.15, 0.2) is 0 Å². The van der Waals surface area contributed by atoms with Crippen molar-refractivity contribution in [2.45, 2.75) is 26.0 Å². The summed E-state index contributed by atoms with van der Waals surface area (Å²) in [5.74, 6) is 0.264. The van der Waals surface area contributed by atoms with Crippen molar-refractivity contribution in [3.8, 4) is 0 Å². The van der Waals surface area contributed by atoms with Gasteiger partial charge in [0.1, 0.15) is 0 Å². The van der Waals surface area contributed by atoms with Gasteiger partial charge in [0.05, 0.1) is 18.8 Å². The highest BCUT2D eigenvalue weighted by molar-refractivity contribution is 5.81. The average Bonchev–Trinajstić information content (AvgIpc) is 2.38. The first kappa shape index (κ1) is 12.8. The smallest absolute Gasteiger partial charge is 0.239 e. The number of nitrogens with one attached hydrogen (secondary N) is 1. The van der Waals surface area contributed by atoms with E-state index in [4.69, 9.17) is 4.74 Å². The third kappa shape index (κ3) is 3.18. The van der Waals surface area contributed by atoms with Crippen LogP contribution in [0.1, 0.15) is 13.8 Å². The molecule has 0 saturated carbocycles. The van der Waals surface area contributed by atoms with Crippen LogP contribution >= 0.6 is 0 Å². The first-order valence-corrected chi connectivity index (χ1v) is 6.53. The van der Waals surface area contributed by atoms with Crippen LogP contribution in [0.25, 0.3) is 0 Å². The summed E-state index contributed by atoms with van der Waals surface area (Å²) >= 11 is 0. The van der Waals surface area contributed by atoms with Gasteiger partial charge < -0.3 is 15.0 Å². The molecule has 98 valence electrons. The zero-order valence-corrected chi connectivity index (χ0v) is 10.8. The number of ether oxygens (including phenoxy) is 1. The van der Waals surface area contributed by atoms with Crippen molar-refractivity contribution in [2.75, 3.05) is 45.9 Å². The van der Waals surface area contributed by atoms with Crippen LogP contribution in [0.5, 0.6) is 0 Å². The summed E-state index contributed by atoms with van der Waals surface area (Å²) in [6.45, 7) is 10.0. The molecule has 2 heterocycles. The molecule has 2 fully saturated rings. The SMILES string of the molecule is CC1CN(C(C)C(=O)N2CCNCC2)CCO1. The molecule has 17 heavy (non-hydrogen) atoms. The number of morpholine rings is 1. The summed E-state index contributed by atoms with van der Waals surface area (Å²) in [6.07, 6.45) is 0.238. The van der Waals surface area contributed by atoms with Crippen molar-refractivity contribution in [2.24, 2.45) is 0 Å². The van der Waals surface area contributed by atoms with Gasteiger partial charge in [-0.15, -0.1) is 0 Å². The Morgan fingerprint density at radius 2 is 2.06 bits per heavy atom. The predicted octanol–water partition coefficient (Wildman–Crippen LogP) is -0.473. The van der Waals surface area contributed by atoms with E-state index in [0.29, 0.717) is 0 Å². The summed E-state index contributed by atoms with van der Waals surface area (Å²) in [6, 6.07) is -0.0144. The fourth-order valence-electron chi connectivity index (χ4n) is 2.50. The van der Waals surface area contributed by atoms with Gasteiger partial charge >= 0.3 is 0 Å². The molecule has 0 aliphatic carbocycles. The van der Waals surface area contributed by atoms with E-state index in [-0.39, 0.29) is 18.1 Å². The molecule has 5 nitrogen and oxygen atoms in total. The van der Waals surface area contributed by atoms with E-state index in [1.54, 1.807) is 0 Å². The summed E-state index contributed by atoms with van der Waals surface area (Å²) in [4.78, 5) is 16.5. The van der Waals surface area contributed by atoms with Crippen LogP contribution in [-0.2, 0) is 9.53 Å². The summed E-state index contributed by atoms with van der Waals surface area (Å²) in [7, 11) is 0. The fraction of sp³-hybridized carbons (Fsp3) is 0.917. The van der Waals surface area contributed by atoms with Gasteiger partial charge in [-0.3, -0.25) is 9.69 Å². The van der Waals surface area contributed by atoms with Gasteiger partial charge in [0.25, 0.3) is 0 Å². The van der Waals surface area contributed by atoms with Crippen LogP contribution in [0, 0.1) is 0 Å². The maximum Gasteiger partial charge on any atom is 0.239 e. The molecule has 2 atom stereocenters. The van der Waals surface area contributed by atoms with Crippen LogP contribution in [0.2, 0.25) is 0 Å². The van der Waals surface area contributed by atoms with Crippen molar-refractivity contribution in [3.05, 3.63) is 0 Å². The Morgan fingerprint density at radius 3 is 2.71 bits per heavy atom. The van der Waals surface area contributed by atoms with Gasteiger partial charge in [-0.1, -0.05) is 0 Å². The zero-order chi connectivity index (χ0) is 12.3. The van der Waals surface area contributed by atoms with E-state index in [9.17, 15) is 4.79 Å². The lowest BCUT2D eigenvalue weighted by molar-refractivity contribution is -0.139. The molecule has 0 aromatic rings. The van der Waals surface area contributed by atoms with E-state index in [2.05, 4.69) is 17.1 Å². The number of amides is 1. The number of nitrogens with zero attached hydrogens (tertiary/aromatic N) is 2. The second-order valence-corrected chi connectivity index (χ2v) is 4.93. The van der Waals surface area contributed by atoms with Crippen LogP contribution in [-0.4, -0.2) is 73.7 Å². The molecule has 2 aliphatic rings. The highest BCUT2D eigenvalue weighted by Gasteiger charge is 2.29. The number of hydrogen-bond acceptors (Lipinski definition) is 4. The molecule has 0 aromatic carbocycles. The maximum absolute atomic E-state index is 12.3. The molecule has 2 rings (SSSR count). The standard InChI is InChI=1S/C12H23N3O2/c1-10-9-15(7-8-17-10)11(2)12(16)14-5-3-13-4-6-14/h10-11,13H,3-9H2,1-2H3. The van der Waals surface area contributed by atoms with Gasteiger partial charge in [-0.2, -0.15) is 0 Å². The third-order valence-corrected chi connectivity index (χ3v) is 3.61. The van der Waals surface area contributed by atoms with E-state index < -0.39 is 0 Å². The minimum absolute atomic E-state index is 0.0144. The lowest BCUT2D eigenvalue weighted by Crippen LogP contribution is -2.55. The fourth-order valence-corrected chi connectivity index (χ4v) is 2.50. The van der Waals surface area contributed by atoms with E-state index in [1.807, 2.05) is 11.8 Å². The number of carbonyl (C=O) groups is 1. The molecule has 0 bridgehead atoms. The Kier molecular flexibility index (Phi) is 4.36. The topological polar surface area (TPSA) is 44.8 Å². The minimum Gasteiger partial charge on any atom is -0.376 e. The second kappa shape index (κ2) is 5.80. The third-order valence-electron chi connectivity index (χ3n) is 3.61. The Labute approximate surface area is 103 Å². The maximum atomic E-state index is 12.3. The normalized spacial score (nSPS) is 29.1. The predicted molar refractivity (Wildman–Crippen MR) is 65.9 cm³/mol. The molecular weight excluding hydrogens is 218 g/mol. The first-order valence-electron chi connectivity index (χ1n) is 6.53. The molecule has 1 N–H and O–H groups in total. The molecule has 0 aromatic heterocycles. The minimum atomic E-state index is -0.0144. The van der Waals surface area contributed by atoms with Crippen LogP contribution in [0.15, 0.2) is 0 Å². The van der Waals surface area contributed by atoms with Crippen LogP contribution < -0.4 is 5.32 Å². The number of carbonyl (C=O) groups excluding carboxylic acids is 1. The van der Waals surface area contributed by atoms with Crippen molar-refractivity contribution in [1.29, 1.82) is 0 Å². The first-order chi connectivity index (χ1) is 8.18. The van der Waals surface area contributed by atoms with Crippen molar-refractivity contribution in [1.82, 2.24) is 15.1 Å². The Morgan fingerprint density at radius 1 is 1.35 bits per heavy atom. The molecular formula is C12H23N3O2. The van der Waals surface area contributed by atoms with Crippen molar-refractivity contribution < 1.29 is 9.53 Å². The second-order valence-electron chi connectivity index (χ2n) is 4.93. The monoisotopic (exact) mass is 241 g/mol.